The van der Waals surface area contributed by atoms with Crippen molar-refractivity contribution in [2.75, 3.05) is 24.4 Å². The average Bonchev–Trinajstić information content (AvgIpc) is 2.60. The number of nitrogens with one attached hydrogen (secondary N) is 1. The topological polar surface area (TPSA) is 59.0 Å². The Bertz CT molecular complexity index is 756. The highest BCUT2D eigenvalue weighted by molar-refractivity contribution is 8.23. The molecular formula is C18H23F2N3O2S. The molecule has 1 aliphatic rings. The molecule has 0 fully saturated rings. The third kappa shape index (κ3) is 3.56. The normalized spacial score (nSPS) is 17.8. The minimum absolute atomic E-state index is 0.310. The molecule has 0 atom stereocenters. The van der Waals surface area contributed by atoms with Crippen LogP contribution in [0.15, 0.2) is 42.5 Å². The van der Waals surface area contributed by atoms with Gasteiger partial charge in [-0.25, -0.2) is 13.1 Å². The lowest BCUT2D eigenvalue weighted by molar-refractivity contribution is 0.329. The zero-order chi connectivity index (χ0) is 18.7. The fraction of sp³-hybridized carbons (Fsp3) is 0.333. The van der Waals surface area contributed by atoms with Crippen molar-refractivity contribution in [1.82, 2.24) is 9.62 Å². The number of nitrogens with zero attached hydrogens (tertiary/aromatic N) is 2. The summed E-state index contributed by atoms with van der Waals surface area (Å²) in [6, 6.07) is 10.5. The zero-order valence-corrected chi connectivity index (χ0v) is 15.3. The van der Waals surface area contributed by atoms with Gasteiger partial charge in [-0.05, 0) is 61.2 Å². The first-order valence-corrected chi connectivity index (χ1v) is 9.93. The van der Waals surface area contributed by atoms with Crippen molar-refractivity contribution in [3.63, 3.8) is 0 Å². The van der Waals surface area contributed by atoms with Gasteiger partial charge in [-0.15, -0.1) is 0 Å². The van der Waals surface area contributed by atoms with Gasteiger partial charge in [0.1, 0.15) is 5.69 Å². The first-order valence-electron chi connectivity index (χ1n) is 8.47. The molecule has 0 spiro atoms. The molecule has 0 aliphatic carbocycles. The Hall–Kier alpha value is -1.71. The summed E-state index contributed by atoms with van der Waals surface area (Å²) in [5.41, 5.74) is 0.748. The number of hydrogen-bond acceptors (Lipinski definition) is 5. The maximum atomic E-state index is 14.4. The quantitative estimate of drug-likeness (QED) is 0.641. The second kappa shape index (κ2) is 7.89. The summed E-state index contributed by atoms with van der Waals surface area (Å²) in [6.07, 6.45) is 1.59. The Morgan fingerprint density at radius 1 is 1.04 bits per heavy atom. The van der Waals surface area contributed by atoms with Crippen LogP contribution in [0.5, 0.6) is 0 Å². The molecule has 0 saturated carbocycles. The highest BCUT2D eigenvalue weighted by Crippen LogP contribution is 2.59. The predicted molar refractivity (Wildman–Crippen MR) is 101 cm³/mol. The largest absolute Gasteiger partial charge is 0.320 e. The number of fused-ring (bicyclic) bond motifs is 1. The minimum Gasteiger partial charge on any atom is -0.320 e. The number of rotatable bonds is 6. The lowest BCUT2D eigenvalue weighted by Gasteiger charge is -2.53. The molecule has 2 aromatic carbocycles. The van der Waals surface area contributed by atoms with Gasteiger partial charge in [-0.1, -0.05) is 24.3 Å². The van der Waals surface area contributed by atoms with Gasteiger partial charge in [-0.3, -0.25) is 9.11 Å². The van der Waals surface area contributed by atoms with Gasteiger partial charge in [0.25, 0.3) is 0 Å². The van der Waals surface area contributed by atoms with E-state index >= 15 is 0 Å². The second-order valence-corrected chi connectivity index (χ2v) is 8.02. The van der Waals surface area contributed by atoms with Crippen LogP contribution in [0.4, 0.5) is 20.2 Å². The summed E-state index contributed by atoms with van der Waals surface area (Å²) >= 11 is 0. The number of halogens is 2. The molecule has 5 nitrogen and oxygen atoms in total. The van der Waals surface area contributed by atoms with Crippen molar-refractivity contribution >= 4 is 22.3 Å². The number of hydrogen-bond donors (Lipinski definition) is 3. The lowest BCUT2D eigenvalue weighted by Crippen LogP contribution is -2.42. The molecule has 142 valence electrons. The summed E-state index contributed by atoms with van der Waals surface area (Å²) in [5, 5.41) is 3.05. The van der Waals surface area contributed by atoms with Gasteiger partial charge in [0.2, 0.25) is 0 Å². The van der Waals surface area contributed by atoms with E-state index in [1.54, 1.807) is 12.1 Å². The van der Waals surface area contributed by atoms with Gasteiger partial charge < -0.3 is 5.32 Å². The van der Waals surface area contributed by atoms with E-state index in [2.05, 4.69) is 5.32 Å². The molecule has 3 rings (SSSR count). The first kappa shape index (κ1) is 19.1. The van der Waals surface area contributed by atoms with E-state index in [1.807, 2.05) is 19.2 Å². The maximum absolute atomic E-state index is 14.4. The highest BCUT2D eigenvalue weighted by atomic mass is 32.3. The fourth-order valence-corrected chi connectivity index (χ4v) is 4.86. The molecule has 2 aromatic rings. The lowest BCUT2D eigenvalue weighted by atomic mass is 10.1. The summed E-state index contributed by atoms with van der Waals surface area (Å²) in [7, 11) is -1.74. The Labute approximate surface area is 153 Å². The van der Waals surface area contributed by atoms with Crippen molar-refractivity contribution in [3.8, 4) is 0 Å². The molecule has 8 heteroatoms. The van der Waals surface area contributed by atoms with Crippen LogP contribution >= 0.6 is 11.0 Å². The van der Waals surface area contributed by atoms with Crippen LogP contribution in [0.25, 0.3) is 0 Å². The monoisotopic (exact) mass is 383 g/mol. The first-order chi connectivity index (χ1) is 12.5. The van der Waals surface area contributed by atoms with E-state index < -0.39 is 28.3 Å². The van der Waals surface area contributed by atoms with E-state index in [-0.39, 0.29) is 0 Å². The molecular weight excluding hydrogens is 360 g/mol. The Kier molecular flexibility index (Phi) is 5.79. The van der Waals surface area contributed by atoms with Crippen LogP contribution in [0.3, 0.4) is 0 Å². The van der Waals surface area contributed by atoms with Gasteiger partial charge in [-0.2, -0.15) is 4.31 Å². The average molecular weight is 383 g/mol. The van der Waals surface area contributed by atoms with Crippen molar-refractivity contribution in [3.05, 3.63) is 59.7 Å². The molecule has 1 aliphatic heterocycles. The molecule has 26 heavy (non-hydrogen) atoms. The van der Waals surface area contributed by atoms with Crippen molar-refractivity contribution < 1.29 is 17.9 Å². The molecule has 0 bridgehead atoms. The van der Waals surface area contributed by atoms with Crippen LogP contribution in [0, 0.1) is 11.6 Å². The van der Waals surface area contributed by atoms with Gasteiger partial charge in [0, 0.05) is 13.1 Å². The van der Waals surface area contributed by atoms with Crippen molar-refractivity contribution in [2.24, 2.45) is 0 Å². The fourth-order valence-electron chi connectivity index (χ4n) is 3.08. The molecule has 1 heterocycles. The van der Waals surface area contributed by atoms with Crippen LogP contribution in [0.2, 0.25) is 0 Å². The smallest absolute Gasteiger partial charge is 0.151 e. The molecule has 0 amide bonds. The van der Waals surface area contributed by atoms with Crippen molar-refractivity contribution in [1.29, 1.82) is 0 Å². The number of unbranched alkanes of at least 4 members (excludes halogenated alkanes) is 1. The van der Waals surface area contributed by atoms with E-state index in [1.165, 1.54) is 10.4 Å². The Balaban J connectivity index is 2.03. The van der Waals surface area contributed by atoms with E-state index in [0.717, 1.165) is 41.4 Å². The molecule has 0 unspecified atom stereocenters. The predicted octanol–water partition coefficient (Wildman–Crippen LogP) is 4.50. The number of para-hydroxylation sites is 2. The molecule has 3 N–H and O–H groups in total. The summed E-state index contributed by atoms with van der Waals surface area (Å²) in [6.45, 7) is 1.53. The second-order valence-electron chi connectivity index (χ2n) is 6.16. The summed E-state index contributed by atoms with van der Waals surface area (Å²) < 4.78 is 53.3. The standard InChI is InChI=1S/C18H23F2N3O2S/c1-21-11-4-5-12-22-13-14-7-2-3-10-17(14)23(26(22,24)25)18-15(19)8-6-9-16(18)20/h2-3,6-10,21,24-25H,4-5,11-13H2,1H3. The summed E-state index contributed by atoms with van der Waals surface area (Å²) in [4.78, 5) is 0. The number of anilines is 2. The van der Waals surface area contributed by atoms with Crippen LogP contribution in [-0.2, 0) is 6.54 Å². The Morgan fingerprint density at radius 3 is 2.42 bits per heavy atom. The van der Waals surface area contributed by atoms with Gasteiger partial charge in [0.15, 0.2) is 11.6 Å². The van der Waals surface area contributed by atoms with Gasteiger partial charge >= 0.3 is 0 Å². The highest BCUT2D eigenvalue weighted by Gasteiger charge is 2.40. The number of benzene rings is 2. The molecule has 0 saturated heterocycles. The third-order valence-corrected chi connectivity index (χ3v) is 6.25. The maximum Gasteiger partial charge on any atom is 0.151 e. The third-order valence-electron chi connectivity index (χ3n) is 4.37. The van der Waals surface area contributed by atoms with Crippen LogP contribution < -0.4 is 9.62 Å². The molecule has 0 radical (unpaired) electrons. The zero-order valence-electron chi connectivity index (χ0n) is 14.5. The van der Waals surface area contributed by atoms with E-state index in [9.17, 15) is 17.9 Å². The molecule has 0 aromatic heterocycles. The Morgan fingerprint density at radius 2 is 1.73 bits per heavy atom. The van der Waals surface area contributed by atoms with Gasteiger partial charge in [0.05, 0.1) is 5.69 Å². The summed E-state index contributed by atoms with van der Waals surface area (Å²) in [5.74, 6) is -1.67. The van der Waals surface area contributed by atoms with Crippen molar-refractivity contribution in [2.45, 2.75) is 19.4 Å². The SMILES string of the molecule is CNCCCCN1Cc2ccccc2N(c2c(F)cccc2F)S1(O)O. The van der Waals surface area contributed by atoms with Crippen LogP contribution in [0.1, 0.15) is 18.4 Å². The van der Waals surface area contributed by atoms with Crippen LogP contribution in [-0.4, -0.2) is 33.5 Å². The van der Waals surface area contributed by atoms with E-state index in [0.29, 0.717) is 18.8 Å². The minimum atomic E-state index is -3.60. The van der Waals surface area contributed by atoms with E-state index in [4.69, 9.17) is 0 Å².